The molecule has 140 valence electrons. The number of aryl methyl sites for hydroxylation is 1. The van der Waals surface area contributed by atoms with Crippen LogP contribution in [0.25, 0.3) is 0 Å². The van der Waals surface area contributed by atoms with Crippen LogP contribution in [0, 0.1) is 6.92 Å². The van der Waals surface area contributed by atoms with Crippen molar-refractivity contribution in [2.24, 2.45) is 5.73 Å². The second kappa shape index (κ2) is 8.54. The second-order valence-corrected chi connectivity index (χ2v) is 7.12. The number of amides is 2. The molecule has 9 heteroatoms. The molecule has 4 N–H and O–H groups in total. The summed E-state index contributed by atoms with van der Waals surface area (Å²) in [5, 5.41) is 2.40. The van der Waals surface area contributed by atoms with Crippen molar-refractivity contribution in [1.82, 2.24) is 0 Å². The SMILES string of the molecule is COCCOc1ccc(S(=O)(=O)Nc2ccc(NC(N)=O)cc2)cc1C. The maximum Gasteiger partial charge on any atom is 0.316 e. The number of anilines is 2. The van der Waals surface area contributed by atoms with E-state index in [-0.39, 0.29) is 4.90 Å². The van der Waals surface area contributed by atoms with E-state index in [1.165, 1.54) is 24.3 Å². The number of benzene rings is 2. The highest BCUT2D eigenvalue weighted by atomic mass is 32.2. The fourth-order valence-corrected chi connectivity index (χ4v) is 3.31. The van der Waals surface area contributed by atoms with Crippen LogP contribution in [0.1, 0.15) is 5.56 Å². The number of urea groups is 1. The first-order chi connectivity index (χ1) is 12.3. The van der Waals surface area contributed by atoms with Gasteiger partial charge in [-0.25, -0.2) is 13.2 Å². The Kier molecular flexibility index (Phi) is 6.42. The minimum absolute atomic E-state index is 0.119. The predicted octanol–water partition coefficient (Wildman–Crippen LogP) is 2.31. The molecule has 0 radical (unpaired) electrons. The monoisotopic (exact) mass is 379 g/mol. The summed E-state index contributed by atoms with van der Waals surface area (Å²) < 4.78 is 38.0. The van der Waals surface area contributed by atoms with E-state index in [2.05, 4.69) is 10.0 Å². The minimum Gasteiger partial charge on any atom is -0.491 e. The molecule has 0 fully saturated rings. The summed E-state index contributed by atoms with van der Waals surface area (Å²) in [5.41, 5.74) is 6.55. The standard InChI is InChI=1S/C17H21N3O5S/c1-12-11-15(7-8-16(12)25-10-9-24-2)26(22,23)20-14-5-3-13(4-6-14)19-17(18)21/h3-8,11,20H,9-10H2,1-2H3,(H3,18,19,21). The van der Waals surface area contributed by atoms with E-state index in [1.807, 2.05) is 0 Å². The summed E-state index contributed by atoms with van der Waals surface area (Å²) in [4.78, 5) is 10.9. The molecule has 0 saturated heterocycles. The number of ether oxygens (including phenoxy) is 2. The van der Waals surface area contributed by atoms with Crippen LogP contribution in [0.3, 0.4) is 0 Å². The first-order valence-electron chi connectivity index (χ1n) is 7.73. The summed E-state index contributed by atoms with van der Waals surface area (Å²) in [6, 6.07) is 10.1. The number of nitrogens with two attached hydrogens (primary N) is 1. The highest BCUT2D eigenvalue weighted by Crippen LogP contribution is 2.24. The lowest BCUT2D eigenvalue weighted by atomic mass is 10.2. The van der Waals surface area contributed by atoms with Gasteiger partial charge in [0.1, 0.15) is 12.4 Å². The van der Waals surface area contributed by atoms with Gasteiger partial charge in [0.15, 0.2) is 0 Å². The minimum atomic E-state index is -3.76. The van der Waals surface area contributed by atoms with Crippen molar-refractivity contribution in [2.45, 2.75) is 11.8 Å². The number of carbonyl (C=O) groups excluding carboxylic acids is 1. The number of rotatable bonds is 8. The van der Waals surface area contributed by atoms with E-state index in [0.29, 0.717) is 35.9 Å². The van der Waals surface area contributed by atoms with Crippen LogP contribution >= 0.6 is 0 Å². The van der Waals surface area contributed by atoms with Crippen molar-refractivity contribution in [3.63, 3.8) is 0 Å². The van der Waals surface area contributed by atoms with Gasteiger partial charge >= 0.3 is 6.03 Å². The Labute approximate surface area is 152 Å². The number of hydrogen-bond donors (Lipinski definition) is 3. The van der Waals surface area contributed by atoms with Crippen LogP contribution in [0.2, 0.25) is 0 Å². The smallest absolute Gasteiger partial charge is 0.316 e. The Balaban J connectivity index is 2.11. The topological polar surface area (TPSA) is 120 Å². The first kappa shape index (κ1) is 19.5. The molecule has 0 unspecified atom stereocenters. The Morgan fingerprint density at radius 2 is 1.73 bits per heavy atom. The average molecular weight is 379 g/mol. The largest absolute Gasteiger partial charge is 0.491 e. The molecule has 2 aromatic rings. The van der Waals surface area contributed by atoms with Crippen molar-refractivity contribution in [1.29, 1.82) is 0 Å². The number of primary amides is 1. The molecule has 0 bridgehead atoms. The third kappa shape index (κ3) is 5.36. The maximum absolute atomic E-state index is 12.5. The molecule has 0 heterocycles. The normalized spacial score (nSPS) is 11.0. The molecule has 26 heavy (non-hydrogen) atoms. The lowest BCUT2D eigenvalue weighted by molar-refractivity contribution is 0.146. The Morgan fingerprint density at radius 3 is 2.31 bits per heavy atom. The summed E-state index contributed by atoms with van der Waals surface area (Å²) in [6.07, 6.45) is 0. The molecule has 0 atom stereocenters. The molecule has 2 amide bonds. The van der Waals surface area contributed by atoms with E-state index in [4.69, 9.17) is 15.2 Å². The summed E-state index contributed by atoms with van der Waals surface area (Å²) in [7, 11) is -2.18. The third-order valence-corrected chi connectivity index (χ3v) is 4.79. The molecule has 0 aromatic heterocycles. The van der Waals surface area contributed by atoms with Crippen LogP contribution in [0.15, 0.2) is 47.4 Å². The number of methoxy groups -OCH3 is 1. The van der Waals surface area contributed by atoms with Gasteiger partial charge in [-0.2, -0.15) is 0 Å². The van der Waals surface area contributed by atoms with Crippen LogP contribution in [-0.2, 0) is 14.8 Å². The Morgan fingerprint density at radius 1 is 1.08 bits per heavy atom. The van der Waals surface area contributed by atoms with Gasteiger partial charge in [-0.1, -0.05) is 0 Å². The first-order valence-corrected chi connectivity index (χ1v) is 9.22. The molecule has 8 nitrogen and oxygen atoms in total. The number of sulfonamides is 1. The number of hydrogen-bond acceptors (Lipinski definition) is 5. The lowest BCUT2D eigenvalue weighted by Crippen LogP contribution is -2.19. The van der Waals surface area contributed by atoms with Gasteiger partial charge in [-0.3, -0.25) is 4.72 Å². The zero-order chi connectivity index (χ0) is 19.2. The van der Waals surface area contributed by atoms with E-state index in [9.17, 15) is 13.2 Å². The molecule has 2 rings (SSSR count). The van der Waals surface area contributed by atoms with Crippen LogP contribution in [-0.4, -0.2) is 34.8 Å². The van der Waals surface area contributed by atoms with Gasteiger partial charge in [0, 0.05) is 18.5 Å². The molecular weight excluding hydrogens is 358 g/mol. The van der Waals surface area contributed by atoms with E-state index >= 15 is 0 Å². The summed E-state index contributed by atoms with van der Waals surface area (Å²) in [6.45, 7) is 2.60. The molecule has 0 aliphatic rings. The van der Waals surface area contributed by atoms with E-state index in [0.717, 1.165) is 0 Å². The molecular formula is C17H21N3O5S. The van der Waals surface area contributed by atoms with Gasteiger partial charge in [0.25, 0.3) is 10.0 Å². The number of carbonyl (C=O) groups is 1. The molecule has 0 spiro atoms. The number of nitrogens with one attached hydrogen (secondary N) is 2. The average Bonchev–Trinajstić information content (AvgIpc) is 2.57. The summed E-state index contributed by atoms with van der Waals surface area (Å²) in [5.74, 6) is 0.600. The van der Waals surface area contributed by atoms with Crippen molar-refractivity contribution < 1.29 is 22.7 Å². The van der Waals surface area contributed by atoms with Gasteiger partial charge in [-0.15, -0.1) is 0 Å². The van der Waals surface area contributed by atoms with E-state index in [1.54, 1.807) is 32.2 Å². The van der Waals surface area contributed by atoms with Gasteiger partial charge in [0.05, 0.1) is 11.5 Å². The van der Waals surface area contributed by atoms with Crippen LogP contribution in [0.4, 0.5) is 16.2 Å². The zero-order valence-corrected chi connectivity index (χ0v) is 15.3. The molecule has 2 aromatic carbocycles. The lowest BCUT2D eigenvalue weighted by Gasteiger charge is -2.12. The fourth-order valence-electron chi connectivity index (χ4n) is 2.16. The highest BCUT2D eigenvalue weighted by Gasteiger charge is 2.16. The zero-order valence-electron chi connectivity index (χ0n) is 14.5. The highest BCUT2D eigenvalue weighted by molar-refractivity contribution is 7.92. The van der Waals surface area contributed by atoms with Crippen molar-refractivity contribution >= 4 is 27.4 Å². The van der Waals surface area contributed by atoms with Crippen molar-refractivity contribution in [2.75, 3.05) is 30.4 Å². The van der Waals surface area contributed by atoms with Crippen molar-refractivity contribution in [3.8, 4) is 5.75 Å². The molecule has 0 aliphatic heterocycles. The summed E-state index contributed by atoms with van der Waals surface area (Å²) >= 11 is 0. The maximum atomic E-state index is 12.5. The molecule has 0 saturated carbocycles. The predicted molar refractivity (Wildman–Crippen MR) is 99.0 cm³/mol. The fraction of sp³-hybridized carbons (Fsp3) is 0.235. The molecule has 0 aliphatic carbocycles. The van der Waals surface area contributed by atoms with Gasteiger partial charge in [0.2, 0.25) is 0 Å². The van der Waals surface area contributed by atoms with Crippen LogP contribution < -0.4 is 20.5 Å². The van der Waals surface area contributed by atoms with Gasteiger partial charge < -0.3 is 20.5 Å². The third-order valence-electron chi connectivity index (χ3n) is 3.41. The quantitative estimate of drug-likeness (QED) is 0.608. The van der Waals surface area contributed by atoms with Crippen LogP contribution in [0.5, 0.6) is 5.75 Å². The van der Waals surface area contributed by atoms with Crippen molar-refractivity contribution in [3.05, 3.63) is 48.0 Å². The van der Waals surface area contributed by atoms with E-state index < -0.39 is 16.1 Å². The second-order valence-electron chi connectivity index (χ2n) is 5.44. The Hall–Kier alpha value is -2.78. The van der Waals surface area contributed by atoms with Gasteiger partial charge in [-0.05, 0) is 55.0 Å². The Bertz CT molecular complexity index is 866.